The molecule has 0 atom stereocenters. The van der Waals surface area contributed by atoms with Crippen molar-refractivity contribution in [2.24, 2.45) is 0 Å². The summed E-state index contributed by atoms with van der Waals surface area (Å²) in [6, 6.07) is 4.99. The van der Waals surface area contributed by atoms with Crippen molar-refractivity contribution >= 4 is 47.6 Å². The summed E-state index contributed by atoms with van der Waals surface area (Å²) in [5, 5.41) is 8.68. The molecule has 0 fully saturated rings. The molecule has 1 aromatic carbocycles. The van der Waals surface area contributed by atoms with Crippen LogP contribution >= 0.6 is 31.9 Å². The lowest BCUT2D eigenvalue weighted by atomic mass is 10.3. The smallest absolute Gasteiger partial charge is 0.245 e. The van der Waals surface area contributed by atoms with Crippen molar-refractivity contribution in [3.05, 3.63) is 21.1 Å². The average molecular weight is 441 g/mol. The Balaban J connectivity index is 3.25. The van der Waals surface area contributed by atoms with Crippen LogP contribution in [-0.2, 0) is 14.8 Å². The van der Waals surface area contributed by atoms with E-state index in [4.69, 9.17) is 15.7 Å². The van der Waals surface area contributed by atoms with Gasteiger partial charge in [0, 0.05) is 41.3 Å². The number of hydrogen-bond donors (Lipinski definition) is 1. The fourth-order valence-corrected chi connectivity index (χ4v) is 5.64. The molecule has 0 saturated heterocycles. The van der Waals surface area contributed by atoms with Gasteiger partial charge in [-0.05, 0) is 44.0 Å². The number of anilines is 1. The molecule has 116 valence electrons. The first kappa shape index (κ1) is 18.4. The van der Waals surface area contributed by atoms with Gasteiger partial charge in [0.05, 0.1) is 12.7 Å². The normalized spacial score (nSPS) is 11.6. The number of ether oxygens (including phenoxy) is 1. The number of nitrogen functional groups attached to an aromatic ring is 1. The molecule has 6 nitrogen and oxygen atoms in total. The molecule has 0 bridgehead atoms. The molecule has 0 aliphatic heterocycles. The number of nitrogens with two attached hydrogens (primary N) is 1. The van der Waals surface area contributed by atoms with Crippen molar-refractivity contribution in [1.82, 2.24) is 4.31 Å². The Morgan fingerprint density at radius 3 is 2.38 bits per heavy atom. The van der Waals surface area contributed by atoms with Crippen LogP contribution in [0.25, 0.3) is 0 Å². The van der Waals surface area contributed by atoms with Crippen LogP contribution < -0.4 is 5.73 Å². The summed E-state index contributed by atoms with van der Waals surface area (Å²) >= 11 is 6.45. The first-order chi connectivity index (χ1) is 9.84. The Kier molecular flexibility index (Phi) is 7.09. The highest BCUT2D eigenvalue weighted by atomic mass is 79.9. The van der Waals surface area contributed by atoms with Gasteiger partial charge in [0.1, 0.15) is 4.90 Å². The van der Waals surface area contributed by atoms with Crippen molar-refractivity contribution in [3.63, 3.8) is 0 Å². The molecule has 0 saturated carbocycles. The third-order valence-electron chi connectivity index (χ3n) is 2.64. The fraction of sp³-hybridized carbons (Fsp3) is 0.417. The lowest BCUT2D eigenvalue weighted by Crippen LogP contribution is -2.35. The summed E-state index contributed by atoms with van der Waals surface area (Å²) in [6.45, 7) is 0.518. The van der Waals surface area contributed by atoms with Gasteiger partial charge in [-0.1, -0.05) is 0 Å². The molecule has 9 heteroatoms. The van der Waals surface area contributed by atoms with E-state index in [1.165, 1.54) is 23.5 Å². The number of nitrogens with zero attached hydrogens (tertiary/aromatic N) is 2. The Labute approximate surface area is 141 Å². The molecule has 1 aromatic rings. The summed E-state index contributed by atoms with van der Waals surface area (Å²) in [4.78, 5) is 0.0887. The lowest BCUT2D eigenvalue weighted by molar-refractivity contribution is 0.179. The van der Waals surface area contributed by atoms with Gasteiger partial charge in [0.15, 0.2) is 0 Å². The summed E-state index contributed by atoms with van der Waals surface area (Å²) in [7, 11) is -2.28. The largest absolute Gasteiger partial charge is 0.399 e. The third-order valence-corrected chi connectivity index (χ3v) is 6.41. The van der Waals surface area contributed by atoms with E-state index in [1.54, 1.807) is 0 Å². The molecule has 0 spiro atoms. The number of hydrogen-bond acceptors (Lipinski definition) is 5. The van der Waals surface area contributed by atoms with Crippen LogP contribution in [-0.4, -0.2) is 39.5 Å². The highest BCUT2D eigenvalue weighted by Gasteiger charge is 2.28. The first-order valence-electron chi connectivity index (χ1n) is 5.95. The van der Waals surface area contributed by atoms with Crippen LogP contribution in [0.1, 0.15) is 6.42 Å². The van der Waals surface area contributed by atoms with Gasteiger partial charge < -0.3 is 10.5 Å². The van der Waals surface area contributed by atoms with Crippen molar-refractivity contribution in [1.29, 1.82) is 5.26 Å². The van der Waals surface area contributed by atoms with Gasteiger partial charge in [-0.25, -0.2) is 8.42 Å². The molecule has 0 aliphatic carbocycles. The van der Waals surface area contributed by atoms with Crippen molar-refractivity contribution < 1.29 is 13.2 Å². The maximum Gasteiger partial charge on any atom is 0.245 e. The minimum Gasteiger partial charge on any atom is -0.399 e. The summed E-state index contributed by atoms with van der Waals surface area (Å²) in [5.41, 5.74) is 6.11. The topological polar surface area (TPSA) is 96.4 Å². The second kappa shape index (κ2) is 8.10. The molecule has 0 aliphatic rings. The molecule has 1 rings (SSSR count). The summed E-state index contributed by atoms with van der Waals surface area (Å²) in [6.07, 6.45) is 0.104. The summed E-state index contributed by atoms with van der Waals surface area (Å²) in [5.74, 6) is 0. The maximum absolute atomic E-state index is 12.8. The lowest BCUT2D eigenvalue weighted by Gasteiger charge is -2.22. The fourth-order valence-electron chi connectivity index (χ4n) is 1.67. The second-order valence-electron chi connectivity index (χ2n) is 4.12. The van der Waals surface area contributed by atoms with Gasteiger partial charge in [-0.2, -0.15) is 9.57 Å². The molecular formula is C12H15Br2N3O3S. The van der Waals surface area contributed by atoms with E-state index >= 15 is 0 Å². The number of rotatable bonds is 7. The standard InChI is InChI=1S/C12H15Br2N3O3S/c1-20-6-5-17(4-2-3-15)21(18,19)12-10(13)7-9(16)8-11(12)14/h7-8H,2,4-6,16H2,1H3. The van der Waals surface area contributed by atoms with Gasteiger partial charge in [-0.15, -0.1) is 0 Å². The Bertz CT molecular complexity index is 621. The molecule has 0 unspecified atom stereocenters. The number of sulfonamides is 1. The Morgan fingerprint density at radius 1 is 1.33 bits per heavy atom. The zero-order chi connectivity index (χ0) is 16.0. The maximum atomic E-state index is 12.8. The third kappa shape index (κ3) is 4.66. The van der Waals surface area contributed by atoms with E-state index in [9.17, 15) is 8.42 Å². The second-order valence-corrected chi connectivity index (χ2v) is 7.70. The van der Waals surface area contributed by atoms with Crippen LogP contribution in [0.5, 0.6) is 0 Å². The van der Waals surface area contributed by atoms with Crippen LogP contribution in [0.15, 0.2) is 26.0 Å². The van der Waals surface area contributed by atoms with Crippen LogP contribution in [0.2, 0.25) is 0 Å². The molecule has 0 heterocycles. The number of halogens is 2. The van der Waals surface area contributed by atoms with Crippen LogP contribution in [0, 0.1) is 11.3 Å². The molecule has 0 radical (unpaired) electrons. The van der Waals surface area contributed by atoms with Gasteiger partial charge in [0.2, 0.25) is 10.0 Å². The number of nitriles is 1. The Hall–Kier alpha value is -0.660. The molecule has 21 heavy (non-hydrogen) atoms. The van der Waals surface area contributed by atoms with Gasteiger partial charge in [0.25, 0.3) is 0 Å². The van der Waals surface area contributed by atoms with Crippen molar-refractivity contribution in [2.75, 3.05) is 32.5 Å². The van der Waals surface area contributed by atoms with E-state index in [0.29, 0.717) is 14.6 Å². The zero-order valence-electron chi connectivity index (χ0n) is 11.3. The van der Waals surface area contributed by atoms with E-state index in [2.05, 4.69) is 31.9 Å². The monoisotopic (exact) mass is 439 g/mol. The molecule has 0 amide bonds. The van der Waals surface area contributed by atoms with Crippen LogP contribution in [0.4, 0.5) is 5.69 Å². The molecular weight excluding hydrogens is 426 g/mol. The van der Waals surface area contributed by atoms with Crippen LogP contribution in [0.3, 0.4) is 0 Å². The molecule has 0 aromatic heterocycles. The molecule has 2 N–H and O–H groups in total. The first-order valence-corrected chi connectivity index (χ1v) is 8.97. The van der Waals surface area contributed by atoms with E-state index in [-0.39, 0.29) is 31.0 Å². The highest BCUT2D eigenvalue weighted by molar-refractivity contribution is 9.11. The predicted molar refractivity (Wildman–Crippen MR) is 87.1 cm³/mol. The van der Waals surface area contributed by atoms with E-state index in [0.717, 1.165) is 0 Å². The number of methoxy groups -OCH3 is 1. The van der Waals surface area contributed by atoms with Gasteiger partial charge in [-0.3, -0.25) is 0 Å². The SMILES string of the molecule is COCCN(CCC#N)S(=O)(=O)c1c(Br)cc(N)cc1Br. The van der Waals surface area contributed by atoms with Gasteiger partial charge >= 0.3 is 0 Å². The minimum absolute atomic E-state index is 0.0887. The Morgan fingerprint density at radius 2 is 1.90 bits per heavy atom. The summed E-state index contributed by atoms with van der Waals surface area (Å²) < 4.78 is 32.4. The van der Waals surface area contributed by atoms with Crippen molar-refractivity contribution in [2.45, 2.75) is 11.3 Å². The van der Waals surface area contributed by atoms with E-state index in [1.807, 2.05) is 6.07 Å². The predicted octanol–water partition coefficient (Wildman–Crippen LogP) is 2.34. The zero-order valence-corrected chi connectivity index (χ0v) is 15.3. The highest BCUT2D eigenvalue weighted by Crippen LogP contribution is 2.34. The average Bonchev–Trinajstić information content (AvgIpc) is 2.36. The van der Waals surface area contributed by atoms with E-state index < -0.39 is 10.0 Å². The quantitative estimate of drug-likeness (QED) is 0.656. The minimum atomic E-state index is -3.77. The number of benzene rings is 1. The van der Waals surface area contributed by atoms with Crippen molar-refractivity contribution in [3.8, 4) is 6.07 Å².